The molecule has 2 aromatic rings. The SMILES string of the molecule is CN=C(NCc1ccc(C)s1)NCC(c1ccc(OC)cc1)N1CCOCC1.I. The van der Waals surface area contributed by atoms with Crippen LogP contribution in [0.5, 0.6) is 5.75 Å². The predicted molar refractivity (Wildman–Crippen MR) is 131 cm³/mol. The Morgan fingerprint density at radius 2 is 1.90 bits per heavy atom. The first-order chi connectivity index (χ1) is 13.7. The topological polar surface area (TPSA) is 58.1 Å². The van der Waals surface area contributed by atoms with E-state index in [2.05, 4.69) is 51.7 Å². The molecule has 0 bridgehead atoms. The normalized spacial score (nSPS) is 16.0. The van der Waals surface area contributed by atoms with E-state index in [0.717, 1.165) is 51.1 Å². The molecule has 6 nitrogen and oxygen atoms in total. The van der Waals surface area contributed by atoms with Crippen LogP contribution in [0.2, 0.25) is 0 Å². The Morgan fingerprint density at radius 1 is 1.17 bits per heavy atom. The number of hydrogen-bond acceptors (Lipinski definition) is 5. The molecule has 1 aliphatic heterocycles. The predicted octanol–water partition coefficient (Wildman–Crippen LogP) is 3.42. The zero-order valence-electron chi connectivity index (χ0n) is 17.3. The number of halogens is 1. The van der Waals surface area contributed by atoms with Crippen LogP contribution >= 0.6 is 35.3 Å². The van der Waals surface area contributed by atoms with Crippen molar-refractivity contribution in [3.63, 3.8) is 0 Å². The van der Waals surface area contributed by atoms with Gasteiger partial charge in [0.05, 0.1) is 32.9 Å². The fourth-order valence-corrected chi connectivity index (χ4v) is 4.17. The molecule has 2 heterocycles. The van der Waals surface area contributed by atoms with Gasteiger partial charge >= 0.3 is 0 Å². The highest BCUT2D eigenvalue weighted by Gasteiger charge is 2.23. The van der Waals surface area contributed by atoms with E-state index in [0.29, 0.717) is 0 Å². The Labute approximate surface area is 194 Å². The van der Waals surface area contributed by atoms with Gasteiger partial charge in [0.1, 0.15) is 5.75 Å². The molecule has 160 valence electrons. The van der Waals surface area contributed by atoms with Crippen molar-refractivity contribution in [3.05, 3.63) is 51.7 Å². The van der Waals surface area contributed by atoms with Crippen LogP contribution in [-0.4, -0.2) is 57.9 Å². The maximum atomic E-state index is 5.54. The Bertz CT molecular complexity index is 760. The largest absolute Gasteiger partial charge is 0.497 e. The number of benzene rings is 1. The highest BCUT2D eigenvalue weighted by molar-refractivity contribution is 14.0. The molecule has 0 spiro atoms. The van der Waals surface area contributed by atoms with Gasteiger partial charge in [-0.05, 0) is 36.8 Å². The van der Waals surface area contributed by atoms with Gasteiger partial charge in [0.2, 0.25) is 0 Å². The molecule has 8 heteroatoms. The number of methoxy groups -OCH3 is 1. The average molecular weight is 530 g/mol. The molecule has 1 fully saturated rings. The molecule has 0 aliphatic carbocycles. The molecule has 0 amide bonds. The van der Waals surface area contributed by atoms with Gasteiger partial charge in [-0.25, -0.2) is 0 Å². The van der Waals surface area contributed by atoms with Crippen LogP contribution in [0, 0.1) is 6.92 Å². The third kappa shape index (κ3) is 7.13. The highest BCUT2D eigenvalue weighted by Crippen LogP contribution is 2.23. The molecular formula is C21H31IN4O2S. The second-order valence-electron chi connectivity index (χ2n) is 6.76. The third-order valence-corrected chi connectivity index (χ3v) is 5.90. The third-order valence-electron chi connectivity index (χ3n) is 4.90. The number of guanidine groups is 1. The van der Waals surface area contributed by atoms with Crippen molar-refractivity contribution in [3.8, 4) is 5.75 Å². The van der Waals surface area contributed by atoms with Crippen LogP contribution in [0.25, 0.3) is 0 Å². The number of nitrogens with one attached hydrogen (secondary N) is 2. The first-order valence-electron chi connectivity index (χ1n) is 9.65. The van der Waals surface area contributed by atoms with Crippen LogP contribution in [0.1, 0.15) is 21.4 Å². The maximum absolute atomic E-state index is 5.54. The van der Waals surface area contributed by atoms with Crippen molar-refractivity contribution < 1.29 is 9.47 Å². The molecule has 1 atom stereocenters. The summed E-state index contributed by atoms with van der Waals surface area (Å²) in [6, 6.07) is 12.9. The second kappa shape index (κ2) is 12.4. The van der Waals surface area contributed by atoms with Gasteiger partial charge in [-0.2, -0.15) is 0 Å². The lowest BCUT2D eigenvalue weighted by molar-refractivity contribution is 0.0170. The first-order valence-corrected chi connectivity index (χ1v) is 10.5. The highest BCUT2D eigenvalue weighted by atomic mass is 127. The minimum atomic E-state index is 0. The Balaban J connectivity index is 0.00000300. The number of aliphatic imine (C=N–C) groups is 1. The quantitative estimate of drug-likeness (QED) is 0.327. The van der Waals surface area contributed by atoms with E-state index < -0.39 is 0 Å². The molecule has 1 aliphatic rings. The number of thiophene rings is 1. The minimum absolute atomic E-state index is 0. The van der Waals surface area contributed by atoms with E-state index in [4.69, 9.17) is 9.47 Å². The van der Waals surface area contributed by atoms with Gasteiger partial charge in [-0.15, -0.1) is 35.3 Å². The second-order valence-corrected chi connectivity index (χ2v) is 8.13. The van der Waals surface area contributed by atoms with Crippen molar-refractivity contribution in [1.29, 1.82) is 0 Å². The summed E-state index contributed by atoms with van der Waals surface area (Å²) < 4.78 is 10.8. The van der Waals surface area contributed by atoms with Crippen LogP contribution < -0.4 is 15.4 Å². The molecule has 1 unspecified atom stereocenters. The lowest BCUT2D eigenvalue weighted by Crippen LogP contribution is -2.46. The fraction of sp³-hybridized carbons (Fsp3) is 0.476. The van der Waals surface area contributed by atoms with Crippen LogP contribution in [0.3, 0.4) is 0 Å². The van der Waals surface area contributed by atoms with Gasteiger partial charge in [0.25, 0.3) is 0 Å². The number of rotatable bonds is 7. The van der Waals surface area contributed by atoms with Crippen LogP contribution in [0.4, 0.5) is 0 Å². The lowest BCUT2D eigenvalue weighted by Gasteiger charge is -2.35. The lowest BCUT2D eigenvalue weighted by atomic mass is 10.0. The summed E-state index contributed by atoms with van der Waals surface area (Å²) >= 11 is 1.81. The zero-order chi connectivity index (χ0) is 19.8. The first kappa shape index (κ1) is 23.9. The van der Waals surface area contributed by atoms with Gasteiger partial charge in [-0.1, -0.05) is 12.1 Å². The van der Waals surface area contributed by atoms with E-state index in [-0.39, 0.29) is 30.0 Å². The van der Waals surface area contributed by atoms with Crippen molar-refractivity contribution in [2.75, 3.05) is 47.0 Å². The van der Waals surface area contributed by atoms with Crippen molar-refractivity contribution in [1.82, 2.24) is 15.5 Å². The average Bonchev–Trinajstić information content (AvgIpc) is 3.16. The van der Waals surface area contributed by atoms with Crippen LogP contribution in [0.15, 0.2) is 41.4 Å². The summed E-state index contributed by atoms with van der Waals surface area (Å²) in [7, 11) is 3.51. The number of ether oxygens (including phenoxy) is 2. The van der Waals surface area contributed by atoms with Crippen molar-refractivity contribution >= 4 is 41.3 Å². The molecule has 2 N–H and O–H groups in total. The van der Waals surface area contributed by atoms with Crippen molar-refractivity contribution in [2.45, 2.75) is 19.5 Å². The fourth-order valence-electron chi connectivity index (χ4n) is 3.34. The molecule has 0 radical (unpaired) electrons. The summed E-state index contributed by atoms with van der Waals surface area (Å²) in [4.78, 5) is 9.48. The minimum Gasteiger partial charge on any atom is -0.497 e. The molecule has 1 aromatic heterocycles. The Hall–Kier alpha value is -1.36. The molecule has 29 heavy (non-hydrogen) atoms. The van der Waals surface area contributed by atoms with E-state index in [9.17, 15) is 0 Å². The summed E-state index contributed by atoms with van der Waals surface area (Å²) in [6.07, 6.45) is 0. The monoisotopic (exact) mass is 530 g/mol. The van der Waals surface area contributed by atoms with E-state index in [1.54, 1.807) is 7.11 Å². The standard InChI is InChI=1S/C21H30N4O2S.HI/c1-16-4-9-19(28-16)14-23-21(22-2)24-15-20(25-10-12-27-13-11-25)17-5-7-18(26-3)8-6-17;/h4-9,20H,10-15H2,1-3H3,(H2,22,23,24);1H. The van der Waals surface area contributed by atoms with Crippen LogP contribution in [-0.2, 0) is 11.3 Å². The summed E-state index contributed by atoms with van der Waals surface area (Å²) in [6.45, 7) is 7.09. The number of hydrogen-bond donors (Lipinski definition) is 2. The number of aryl methyl sites for hydroxylation is 1. The van der Waals surface area contributed by atoms with E-state index in [1.807, 2.05) is 30.5 Å². The summed E-state index contributed by atoms with van der Waals surface area (Å²) in [5, 5.41) is 6.91. The molecule has 1 aromatic carbocycles. The number of morpholine rings is 1. The molecule has 3 rings (SSSR count). The van der Waals surface area contributed by atoms with Gasteiger partial charge in [0, 0.05) is 36.4 Å². The zero-order valence-corrected chi connectivity index (χ0v) is 20.5. The van der Waals surface area contributed by atoms with Gasteiger partial charge in [-0.3, -0.25) is 9.89 Å². The summed E-state index contributed by atoms with van der Waals surface area (Å²) in [5.74, 6) is 1.69. The van der Waals surface area contributed by atoms with Gasteiger partial charge in [0.15, 0.2) is 5.96 Å². The smallest absolute Gasteiger partial charge is 0.191 e. The summed E-state index contributed by atoms with van der Waals surface area (Å²) in [5.41, 5.74) is 1.26. The molecule has 0 saturated carbocycles. The maximum Gasteiger partial charge on any atom is 0.191 e. The molecular weight excluding hydrogens is 499 g/mol. The molecule has 1 saturated heterocycles. The Kier molecular flexibility index (Phi) is 10.2. The van der Waals surface area contributed by atoms with E-state index >= 15 is 0 Å². The number of nitrogens with zero attached hydrogens (tertiary/aromatic N) is 2. The van der Waals surface area contributed by atoms with Crippen molar-refractivity contribution in [2.24, 2.45) is 4.99 Å². The van der Waals surface area contributed by atoms with Gasteiger partial charge < -0.3 is 20.1 Å². The Morgan fingerprint density at radius 3 is 2.48 bits per heavy atom. The van der Waals surface area contributed by atoms with E-state index in [1.165, 1.54) is 15.3 Å².